The van der Waals surface area contributed by atoms with Crippen LogP contribution in [-0.2, 0) is 16.6 Å². The summed E-state index contributed by atoms with van der Waals surface area (Å²) >= 11 is 0. The molecule has 0 bridgehead atoms. The molecule has 0 atom stereocenters. The van der Waals surface area contributed by atoms with Crippen LogP contribution < -0.4 is 5.32 Å². The van der Waals surface area contributed by atoms with Crippen molar-refractivity contribution in [2.45, 2.75) is 39.5 Å². The average Bonchev–Trinajstić information content (AvgIpc) is 3.09. The van der Waals surface area contributed by atoms with Crippen molar-refractivity contribution in [3.8, 4) is 0 Å². The highest BCUT2D eigenvalue weighted by molar-refractivity contribution is 6.07. The summed E-state index contributed by atoms with van der Waals surface area (Å²) in [5, 5.41) is 11.7. The zero-order valence-corrected chi connectivity index (χ0v) is 15.0. The van der Waals surface area contributed by atoms with Gasteiger partial charge >= 0.3 is 5.97 Å². The zero-order valence-electron chi connectivity index (χ0n) is 15.0. The molecule has 1 aromatic carbocycles. The molecule has 0 spiro atoms. The predicted molar refractivity (Wildman–Crippen MR) is 95.4 cm³/mol. The van der Waals surface area contributed by atoms with Crippen LogP contribution in [0.5, 0.6) is 0 Å². The third-order valence-electron chi connectivity index (χ3n) is 3.88. The lowest BCUT2D eigenvalue weighted by atomic mass is 9.97. The number of fused-ring (bicyclic) bond motifs is 1. The number of carboxylic acids is 1. The van der Waals surface area contributed by atoms with Gasteiger partial charge in [0.2, 0.25) is 5.89 Å². The van der Waals surface area contributed by atoms with E-state index in [1.54, 1.807) is 25.1 Å². The molecule has 7 nitrogen and oxygen atoms in total. The number of carbonyl (C=O) groups is 2. The fourth-order valence-electron chi connectivity index (χ4n) is 2.59. The summed E-state index contributed by atoms with van der Waals surface area (Å²) < 4.78 is 10.9. The van der Waals surface area contributed by atoms with Gasteiger partial charge in [-0.15, -0.1) is 0 Å². The van der Waals surface area contributed by atoms with Crippen LogP contribution in [0.4, 0.5) is 5.69 Å². The molecule has 0 saturated carbocycles. The maximum absolute atomic E-state index is 12.6. The molecular formula is C19H20N2O5. The second kappa shape index (κ2) is 6.33. The molecule has 3 aromatic rings. The molecule has 3 rings (SSSR count). The van der Waals surface area contributed by atoms with Gasteiger partial charge in [-0.25, -0.2) is 4.98 Å². The largest absolute Gasteiger partial charge is 0.481 e. The maximum Gasteiger partial charge on any atom is 0.311 e. The van der Waals surface area contributed by atoms with E-state index >= 15 is 0 Å². The van der Waals surface area contributed by atoms with Crippen molar-refractivity contribution in [3.05, 3.63) is 47.2 Å². The number of oxazole rings is 1. The molecule has 2 aromatic heterocycles. The molecule has 0 aliphatic carbocycles. The Bertz CT molecular complexity index is 991. The lowest BCUT2D eigenvalue weighted by Crippen LogP contribution is -2.15. The molecule has 136 valence electrons. The van der Waals surface area contributed by atoms with Crippen molar-refractivity contribution >= 4 is 28.7 Å². The standard InChI is InChI=1S/C19H20N2O5/c1-10-9-25-14(8-15(22)23)16(10)17(24)20-11-5-6-13-12(7-11)21-18(26-13)19(2,3)4/h5-7,9H,8H2,1-4H3,(H,20,24)(H,22,23). The molecule has 2 N–H and O–H groups in total. The summed E-state index contributed by atoms with van der Waals surface area (Å²) in [6.45, 7) is 7.71. The van der Waals surface area contributed by atoms with Gasteiger partial charge in [0, 0.05) is 16.7 Å². The number of hydrogen-bond donors (Lipinski definition) is 2. The summed E-state index contributed by atoms with van der Waals surface area (Å²) in [5.41, 5.74) is 2.42. The van der Waals surface area contributed by atoms with Crippen molar-refractivity contribution in [2.24, 2.45) is 0 Å². The van der Waals surface area contributed by atoms with Gasteiger partial charge in [0.25, 0.3) is 5.91 Å². The molecule has 0 aliphatic heterocycles. The second-order valence-corrected chi connectivity index (χ2v) is 7.19. The van der Waals surface area contributed by atoms with Crippen molar-refractivity contribution < 1.29 is 23.5 Å². The number of aliphatic carboxylic acids is 1. The molecule has 1 amide bonds. The number of benzene rings is 1. The minimum atomic E-state index is -1.06. The summed E-state index contributed by atoms with van der Waals surface area (Å²) in [6.07, 6.45) is 1.03. The number of carbonyl (C=O) groups excluding carboxylic acids is 1. The van der Waals surface area contributed by atoms with E-state index in [0.717, 1.165) is 0 Å². The Balaban J connectivity index is 1.88. The Hall–Kier alpha value is -3.09. The number of nitrogens with zero attached hydrogens (tertiary/aromatic N) is 1. The molecule has 0 saturated heterocycles. The van der Waals surface area contributed by atoms with Crippen LogP contribution in [-0.4, -0.2) is 22.0 Å². The van der Waals surface area contributed by atoms with Crippen LogP contribution >= 0.6 is 0 Å². The first-order chi connectivity index (χ1) is 12.1. The van der Waals surface area contributed by atoms with Crippen molar-refractivity contribution in [1.29, 1.82) is 0 Å². The van der Waals surface area contributed by atoms with E-state index in [9.17, 15) is 9.59 Å². The molecule has 0 aliphatic rings. The van der Waals surface area contributed by atoms with Gasteiger partial charge in [-0.05, 0) is 25.1 Å². The summed E-state index contributed by atoms with van der Waals surface area (Å²) in [5.74, 6) is -0.742. The van der Waals surface area contributed by atoms with Gasteiger partial charge in [-0.2, -0.15) is 0 Å². The van der Waals surface area contributed by atoms with E-state index in [1.165, 1.54) is 6.26 Å². The Morgan fingerprint density at radius 3 is 2.65 bits per heavy atom. The van der Waals surface area contributed by atoms with E-state index in [4.69, 9.17) is 13.9 Å². The number of furan rings is 1. The highest BCUT2D eigenvalue weighted by atomic mass is 16.4. The van der Waals surface area contributed by atoms with Crippen molar-refractivity contribution in [2.75, 3.05) is 5.32 Å². The first-order valence-corrected chi connectivity index (χ1v) is 8.16. The number of hydrogen-bond acceptors (Lipinski definition) is 5. The molecule has 0 unspecified atom stereocenters. The van der Waals surface area contributed by atoms with Crippen molar-refractivity contribution in [3.63, 3.8) is 0 Å². The topological polar surface area (TPSA) is 106 Å². The minimum absolute atomic E-state index is 0.130. The van der Waals surface area contributed by atoms with Gasteiger partial charge in [0.15, 0.2) is 5.58 Å². The first kappa shape index (κ1) is 17.7. The summed E-state index contributed by atoms with van der Waals surface area (Å²) in [7, 11) is 0. The number of nitrogens with one attached hydrogen (secondary N) is 1. The van der Waals surface area contributed by atoms with Gasteiger partial charge in [-0.3, -0.25) is 9.59 Å². The van der Waals surface area contributed by atoms with E-state index < -0.39 is 11.9 Å². The van der Waals surface area contributed by atoms with Crippen LogP contribution in [0.3, 0.4) is 0 Å². The van der Waals surface area contributed by atoms with E-state index in [1.807, 2.05) is 20.8 Å². The van der Waals surface area contributed by atoms with Crippen LogP contribution in [0.15, 0.2) is 33.3 Å². The van der Waals surface area contributed by atoms with Gasteiger partial charge in [0.1, 0.15) is 17.7 Å². The Morgan fingerprint density at radius 1 is 1.27 bits per heavy atom. The Morgan fingerprint density at radius 2 is 2.00 bits per heavy atom. The molecule has 0 radical (unpaired) electrons. The molecule has 26 heavy (non-hydrogen) atoms. The fraction of sp³-hybridized carbons (Fsp3) is 0.316. The van der Waals surface area contributed by atoms with Crippen LogP contribution in [0.2, 0.25) is 0 Å². The third kappa shape index (κ3) is 3.46. The second-order valence-electron chi connectivity index (χ2n) is 7.19. The monoisotopic (exact) mass is 356 g/mol. The summed E-state index contributed by atoms with van der Waals surface area (Å²) in [4.78, 5) is 28.0. The molecule has 2 heterocycles. The lowest BCUT2D eigenvalue weighted by Gasteiger charge is -2.11. The Labute approximate surface area is 150 Å². The number of carboxylic acid groups (broad SMARTS) is 1. The highest BCUT2D eigenvalue weighted by Gasteiger charge is 2.22. The smallest absolute Gasteiger partial charge is 0.311 e. The SMILES string of the molecule is Cc1coc(CC(=O)O)c1C(=O)Nc1ccc2oc(C(C)(C)C)nc2c1. The normalized spacial score (nSPS) is 11.7. The molecular weight excluding hydrogens is 336 g/mol. The van der Waals surface area contributed by atoms with Gasteiger partial charge in [0.05, 0.1) is 11.8 Å². The highest BCUT2D eigenvalue weighted by Crippen LogP contribution is 2.28. The van der Waals surface area contributed by atoms with Crippen molar-refractivity contribution in [1.82, 2.24) is 4.98 Å². The lowest BCUT2D eigenvalue weighted by molar-refractivity contribution is -0.136. The van der Waals surface area contributed by atoms with Gasteiger partial charge in [-0.1, -0.05) is 20.8 Å². The summed E-state index contributed by atoms with van der Waals surface area (Å²) in [6, 6.07) is 5.18. The number of anilines is 1. The zero-order chi connectivity index (χ0) is 19.1. The van der Waals surface area contributed by atoms with E-state index in [2.05, 4.69) is 10.3 Å². The van der Waals surface area contributed by atoms with E-state index in [-0.39, 0.29) is 23.2 Å². The van der Waals surface area contributed by atoms with Crippen LogP contribution in [0.1, 0.15) is 48.3 Å². The predicted octanol–water partition coefficient (Wildman–Crippen LogP) is 3.91. The minimum Gasteiger partial charge on any atom is -0.481 e. The molecule has 0 fully saturated rings. The maximum atomic E-state index is 12.6. The average molecular weight is 356 g/mol. The number of amides is 1. The first-order valence-electron chi connectivity index (χ1n) is 8.16. The quantitative estimate of drug-likeness (QED) is 0.734. The number of rotatable bonds is 4. The Kier molecular flexibility index (Phi) is 4.31. The fourth-order valence-corrected chi connectivity index (χ4v) is 2.59. The van der Waals surface area contributed by atoms with Crippen LogP contribution in [0.25, 0.3) is 11.1 Å². The number of aryl methyl sites for hydroxylation is 1. The van der Waals surface area contributed by atoms with E-state index in [0.29, 0.717) is 28.2 Å². The van der Waals surface area contributed by atoms with Crippen LogP contribution in [0, 0.1) is 6.92 Å². The third-order valence-corrected chi connectivity index (χ3v) is 3.88. The van der Waals surface area contributed by atoms with Gasteiger partial charge < -0.3 is 19.3 Å². The molecule has 7 heteroatoms. The number of aromatic nitrogens is 1.